The molecule has 3 rings (SSSR count). The number of halogens is 4. The number of likely N-dealkylation sites (tertiary alicyclic amines) is 1. The molecule has 1 aromatic rings. The third-order valence-corrected chi connectivity index (χ3v) is 5.08. The molecule has 114 valence electrons. The van der Waals surface area contributed by atoms with E-state index in [1.807, 2.05) is 0 Å². The van der Waals surface area contributed by atoms with Crippen molar-refractivity contribution < 1.29 is 18.0 Å². The van der Waals surface area contributed by atoms with Crippen LogP contribution in [0.15, 0.2) is 22.7 Å². The van der Waals surface area contributed by atoms with Gasteiger partial charge in [0.05, 0.1) is 11.1 Å². The Bertz CT molecular complexity index is 571. The standard InChI is InChI=1S/C15H15BrF3NO/c16-10-1-2-12(15(17,18)19)11(9-10)13(21)20-7-5-14(3-4-14)6-8-20/h1-2,9H,3-8H2. The molecule has 1 aliphatic heterocycles. The van der Waals surface area contributed by atoms with Crippen molar-refractivity contribution in [3.63, 3.8) is 0 Å². The van der Waals surface area contributed by atoms with Gasteiger partial charge < -0.3 is 4.90 Å². The Morgan fingerprint density at radius 3 is 2.29 bits per heavy atom. The van der Waals surface area contributed by atoms with E-state index in [1.54, 1.807) is 4.90 Å². The second-order valence-corrected chi connectivity index (χ2v) is 6.90. The number of nitrogens with zero attached hydrogens (tertiary/aromatic N) is 1. The molecule has 2 aliphatic rings. The van der Waals surface area contributed by atoms with Crippen molar-refractivity contribution in [3.05, 3.63) is 33.8 Å². The van der Waals surface area contributed by atoms with Crippen LogP contribution in [-0.2, 0) is 6.18 Å². The van der Waals surface area contributed by atoms with E-state index in [4.69, 9.17) is 0 Å². The van der Waals surface area contributed by atoms with Gasteiger partial charge in [0.15, 0.2) is 0 Å². The molecule has 1 spiro atoms. The number of carbonyl (C=O) groups is 1. The minimum atomic E-state index is -4.51. The predicted molar refractivity (Wildman–Crippen MR) is 75.9 cm³/mol. The van der Waals surface area contributed by atoms with Crippen LogP contribution in [-0.4, -0.2) is 23.9 Å². The highest BCUT2D eigenvalue weighted by atomic mass is 79.9. The molecule has 0 bridgehead atoms. The van der Waals surface area contributed by atoms with Crippen molar-refractivity contribution in [2.75, 3.05) is 13.1 Å². The third kappa shape index (κ3) is 2.96. The molecule has 2 fully saturated rings. The van der Waals surface area contributed by atoms with Crippen molar-refractivity contribution in [1.82, 2.24) is 4.90 Å². The highest BCUT2D eigenvalue weighted by molar-refractivity contribution is 9.10. The Morgan fingerprint density at radius 2 is 1.76 bits per heavy atom. The van der Waals surface area contributed by atoms with Gasteiger partial charge in [0.2, 0.25) is 0 Å². The van der Waals surface area contributed by atoms with E-state index in [0.29, 0.717) is 23.0 Å². The zero-order valence-corrected chi connectivity index (χ0v) is 12.9. The van der Waals surface area contributed by atoms with Crippen LogP contribution in [0.4, 0.5) is 13.2 Å². The quantitative estimate of drug-likeness (QED) is 0.721. The lowest BCUT2D eigenvalue weighted by Gasteiger charge is -2.32. The first kappa shape index (κ1) is 14.9. The monoisotopic (exact) mass is 361 g/mol. The summed E-state index contributed by atoms with van der Waals surface area (Å²) in [6.07, 6.45) is -0.305. The maximum Gasteiger partial charge on any atom is 0.417 e. The zero-order valence-electron chi connectivity index (χ0n) is 11.3. The number of rotatable bonds is 1. The highest BCUT2D eigenvalue weighted by Crippen LogP contribution is 2.53. The SMILES string of the molecule is O=C(c1cc(Br)ccc1C(F)(F)F)N1CCC2(CC1)CC2. The molecule has 0 aromatic heterocycles. The predicted octanol–water partition coefficient (Wildman–Crippen LogP) is 4.48. The summed E-state index contributed by atoms with van der Waals surface area (Å²) in [5.41, 5.74) is -0.730. The average molecular weight is 362 g/mol. The summed E-state index contributed by atoms with van der Waals surface area (Å²) in [5, 5.41) is 0. The second kappa shape index (κ2) is 5.00. The fourth-order valence-electron chi connectivity index (χ4n) is 2.97. The summed E-state index contributed by atoms with van der Waals surface area (Å²) >= 11 is 3.15. The minimum Gasteiger partial charge on any atom is -0.339 e. The van der Waals surface area contributed by atoms with Gasteiger partial charge in [0, 0.05) is 17.6 Å². The van der Waals surface area contributed by atoms with Crippen LogP contribution in [0.2, 0.25) is 0 Å². The van der Waals surface area contributed by atoms with Crippen LogP contribution in [0.1, 0.15) is 41.6 Å². The van der Waals surface area contributed by atoms with Gasteiger partial charge in [0.1, 0.15) is 0 Å². The molecule has 1 amide bonds. The van der Waals surface area contributed by atoms with Crippen LogP contribution >= 0.6 is 15.9 Å². The minimum absolute atomic E-state index is 0.261. The number of hydrogen-bond donors (Lipinski definition) is 0. The molecule has 0 radical (unpaired) electrons. The Morgan fingerprint density at radius 1 is 1.14 bits per heavy atom. The van der Waals surface area contributed by atoms with Gasteiger partial charge in [-0.15, -0.1) is 0 Å². The van der Waals surface area contributed by atoms with Gasteiger partial charge in [0.25, 0.3) is 5.91 Å². The highest BCUT2D eigenvalue weighted by Gasteiger charge is 2.45. The first-order valence-electron chi connectivity index (χ1n) is 6.97. The van der Waals surface area contributed by atoms with Crippen LogP contribution in [0.5, 0.6) is 0 Å². The van der Waals surface area contributed by atoms with Gasteiger partial charge in [-0.1, -0.05) is 15.9 Å². The van der Waals surface area contributed by atoms with Crippen molar-refractivity contribution in [1.29, 1.82) is 0 Å². The van der Waals surface area contributed by atoms with Crippen LogP contribution in [0.3, 0.4) is 0 Å². The summed E-state index contributed by atoms with van der Waals surface area (Å²) in [6.45, 7) is 1.12. The van der Waals surface area contributed by atoms with Crippen molar-refractivity contribution in [2.45, 2.75) is 31.9 Å². The molecule has 1 heterocycles. The van der Waals surface area contributed by atoms with Crippen LogP contribution in [0, 0.1) is 5.41 Å². The topological polar surface area (TPSA) is 20.3 Å². The maximum atomic E-state index is 13.1. The van der Waals surface area contributed by atoms with E-state index < -0.39 is 17.6 Å². The second-order valence-electron chi connectivity index (χ2n) is 5.98. The molecule has 0 atom stereocenters. The summed E-state index contributed by atoms with van der Waals surface area (Å²) in [7, 11) is 0. The number of hydrogen-bond acceptors (Lipinski definition) is 1. The lowest BCUT2D eigenvalue weighted by atomic mass is 9.93. The summed E-state index contributed by atoms with van der Waals surface area (Å²) in [6, 6.07) is 3.55. The van der Waals surface area contributed by atoms with Gasteiger partial charge in [-0.05, 0) is 49.3 Å². The Balaban J connectivity index is 1.85. The van der Waals surface area contributed by atoms with Crippen LogP contribution in [0.25, 0.3) is 0 Å². The lowest BCUT2D eigenvalue weighted by Crippen LogP contribution is -2.39. The Labute approximate surface area is 129 Å². The molecule has 1 saturated heterocycles. The van der Waals surface area contributed by atoms with Crippen LogP contribution < -0.4 is 0 Å². The maximum absolute atomic E-state index is 13.1. The molecular weight excluding hydrogens is 347 g/mol. The van der Waals surface area contributed by atoms with Crippen molar-refractivity contribution in [3.8, 4) is 0 Å². The zero-order chi connectivity index (χ0) is 15.3. The molecule has 1 aromatic carbocycles. The third-order valence-electron chi connectivity index (χ3n) is 4.59. The summed E-state index contributed by atoms with van der Waals surface area (Å²) in [5.74, 6) is -0.515. The normalized spacial score (nSPS) is 20.7. The Hall–Kier alpha value is -1.04. The molecule has 1 aliphatic carbocycles. The lowest BCUT2D eigenvalue weighted by molar-refractivity contribution is -0.138. The number of benzene rings is 1. The van der Waals surface area contributed by atoms with E-state index in [2.05, 4.69) is 15.9 Å². The van der Waals surface area contributed by atoms with E-state index in [9.17, 15) is 18.0 Å². The van der Waals surface area contributed by atoms with Gasteiger partial charge in [-0.25, -0.2) is 0 Å². The Kier molecular flexibility index (Phi) is 3.55. The molecule has 6 heteroatoms. The van der Waals surface area contributed by atoms with E-state index in [1.165, 1.54) is 25.0 Å². The number of alkyl halides is 3. The molecule has 21 heavy (non-hydrogen) atoms. The number of amides is 1. The van der Waals surface area contributed by atoms with Gasteiger partial charge in [-0.3, -0.25) is 4.79 Å². The average Bonchev–Trinajstić information content (AvgIpc) is 3.17. The first-order chi connectivity index (χ1) is 9.81. The van der Waals surface area contributed by atoms with Gasteiger partial charge >= 0.3 is 6.18 Å². The molecule has 0 unspecified atom stereocenters. The van der Waals surface area contributed by atoms with Gasteiger partial charge in [-0.2, -0.15) is 13.2 Å². The molecular formula is C15H15BrF3NO. The fraction of sp³-hybridized carbons (Fsp3) is 0.533. The first-order valence-corrected chi connectivity index (χ1v) is 7.76. The summed E-state index contributed by atoms with van der Waals surface area (Å²) in [4.78, 5) is 14.0. The molecule has 0 N–H and O–H groups in total. The number of carbonyl (C=O) groups excluding carboxylic acids is 1. The number of piperidine rings is 1. The fourth-order valence-corrected chi connectivity index (χ4v) is 3.33. The smallest absolute Gasteiger partial charge is 0.339 e. The van der Waals surface area contributed by atoms with Crippen molar-refractivity contribution in [2.24, 2.45) is 5.41 Å². The van der Waals surface area contributed by atoms with E-state index in [0.717, 1.165) is 18.9 Å². The molecule has 1 saturated carbocycles. The molecule has 2 nitrogen and oxygen atoms in total. The summed E-state index contributed by atoms with van der Waals surface area (Å²) < 4.78 is 39.6. The van der Waals surface area contributed by atoms with E-state index >= 15 is 0 Å². The largest absolute Gasteiger partial charge is 0.417 e. The van der Waals surface area contributed by atoms with E-state index in [-0.39, 0.29) is 5.56 Å². The van der Waals surface area contributed by atoms with Crippen molar-refractivity contribution >= 4 is 21.8 Å².